The van der Waals surface area contributed by atoms with Crippen molar-refractivity contribution in [2.45, 2.75) is 43.5 Å². The third-order valence-corrected chi connectivity index (χ3v) is 6.71. The van der Waals surface area contributed by atoms with E-state index in [0.29, 0.717) is 37.8 Å². The summed E-state index contributed by atoms with van der Waals surface area (Å²) in [5.41, 5.74) is 0.663. The maximum atomic E-state index is 13.9. The van der Waals surface area contributed by atoms with Gasteiger partial charge in [-0.25, -0.2) is 21.9 Å². The van der Waals surface area contributed by atoms with Crippen LogP contribution in [0.4, 0.5) is 8.78 Å². The van der Waals surface area contributed by atoms with Gasteiger partial charge in [-0.1, -0.05) is 12.1 Å². The molecule has 8 heteroatoms. The van der Waals surface area contributed by atoms with Crippen molar-refractivity contribution in [1.82, 2.24) is 10.0 Å². The Balaban J connectivity index is 1.65. The molecule has 1 saturated carbocycles. The minimum absolute atomic E-state index is 0.0254. The molecule has 0 saturated heterocycles. The van der Waals surface area contributed by atoms with Gasteiger partial charge in [0.1, 0.15) is 11.6 Å². The lowest BCUT2D eigenvalue weighted by Gasteiger charge is -2.28. The molecule has 156 valence electrons. The van der Waals surface area contributed by atoms with Gasteiger partial charge in [-0.15, -0.1) is 0 Å². The molecule has 0 heterocycles. The van der Waals surface area contributed by atoms with Crippen LogP contribution < -0.4 is 10.0 Å². The van der Waals surface area contributed by atoms with Crippen LogP contribution in [0.1, 0.15) is 32.6 Å². The standard InChI is InChI=1S/C21H24F2N2O3S/c1-2-24-21(26)15-3-8-17(9-4-15)25-29(27,28)18-10-5-14(6-11-18)19-12-7-16(22)13-20(19)23/h5-7,10-13,15,17,25H,2-4,8-9H2,1H3,(H,24,26). The lowest BCUT2D eigenvalue weighted by Crippen LogP contribution is -2.40. The molecule has 0 aliphatic heterocycles. The monoisotopic (exact) mass is 422 g/mol. The molecule has 1 aliphatic carbocycles. The Kier molecular flexibility index (Phi) is 6.64. The highest BCUT2D eigenvalue weighted by atomic mass is 32.2. The van der Waals surface area contributed by atoms with Gasteiger partial charge in [0.2, 0.25) is 15.9 Å². The van der Waals surface area contributed by atoms with Crippen LogP contribution in [0.15, 0.2) is 47.4 Å². The summed E-state index contributed by atoms with van der Waals surface area (Å²) in [4.78, 5) is 12.0. The zero-order valence-electron chi connectivity index (χ0n) is 16.1. The summed E-state index contributed by atoms with van der Waals surface area (Å²) in [7, 11) is -3.73. The summed E-state index contributed by atoms with van der Waals surface area (Å²) in [6.07, 6.45) is 2.48. The minimum atomic E-state index is -3.73. The Labute approximate surface area is 169 Å². The lowest BCUT2D eigenvalue weighted by molar-refractivity contribution is -0.125. The molecule has 1 fully saturated rings. The smallest absolute Gasteiger partial charge is 0.240 e. The third-order valence-electron chi connectivity index (χ3n) is 5.18. The van der Waals surface area contributed by atoms with Crippen molar-refractivity contribution in [3.63, 3.8) is 0 Å². The Morgan fingerprint density at radius 2 is 1.69 bits per heavy atom. The number of rotatable bonds is 6. The molecule has 5 nitrogen and oxygen atoms in total. The van der Waals surface area contributed by atoms with Gasteiger partial charge >= 0.3 is 0 Å². The number of hydrogen-bond donors (Lipinski definition) is 2. The largest absolute Gasteiger partial charge is 0.356 e. The van der Waals surface area contributed by atoms with Crippen molar-refractivity contribution in [2.75, 3.05) is 6.54 Å². The predicted molar refractivity (Wildman–Crippen MR) is 107 cm³/mol. The van der Waals surface area contributed by atoms with Crippen LogP contribution in [0, 0.1) is 17.6 Å². The molecule has 0 aromatic heterocycles. The van der Waals surface area contributed by atoms with E-state index in [1.54, 1.807) is 0 Å². The Morgan fingerprint density at radius 1 is 1.03 bits per heavy atom. The Hall–Kier alpha value is -2.32. The first-order chi connectivity index (χ1) is 13.8. The van der Waals surface area contributed by atoms with Gasteiger partial charge in [0.25, 0.3) is 0 Å². The van der Waals surface area contributed by atoms with E-state index in [4.69, 9.17) is 0 Å². The number of sulfonamides is 1. The Morgan fingerprint density at radius 3 is 2.28 bits per heavy atom. The van der Waals surface area contributed by atoms with Gasteiger partial charge in [-0.3, -0.25) is 4.79 Å². The molecule has 0 spiro atoms. The second kappa shape index (κ2) is 9.00. The lowest BCUT2D eigenvalue weighted by atomic mass is 9.86. The van der Waals surface area contributed by atoms with Crippen molar-refractivity contribution in [2.24, 2.45) is 5.92 Å². The van der Waals surface area contributed by atoms with E-state index in [1.165, 1.54) is 30.3 Å². The van der Waals surface area contributed by atoms with Crippen LogP contribution >= 0.6 is 0 Å². The second-order valence-electron chi connectivity index (χ2n) is 7.21. The minimum Gasteiger partial charge on any atom is -0.356 e. The van der Waals surface area contributed by atoms with E-state index >= 15 is 0 Å². The predicted octanol–water partition coefficient (Wildman–Crippen LogP) is 3.61. The summed E-state index contributed by atoms with van der Waals surface area (Å²) in [5.74, 6) is -1.42. The van der Waals surface area contributed by atoms with E-state index in [9.17, 15) is 22.0 Å². The van der Waals surface area contributed by atoms with Gasteiger partial charge in [0, 0.05) is 30.1 Å². The maximum absolute atomic E-state index is 13.9. The zero-order chi connectivity index (χ0) is 21.0. The first kappa shape index (κ1) is 21.4. The molecule has 0 radical (unpaired) electrons. The van der Waals surface area contributed by atoms with Crippen molar-refractivity contribution in [3.05, 3.63) is 54.1 Å². The molecular weight excluding hydrogens is 398 g/mol. The van der Waals surface area contributed by atoms with Crippen molar-refractivity contribution < 1.29 is 22.0 Å². The average molecular weight is 422 g/mol. The van der Waals surface area contributed by atoms with Crippen LogP contribution in [-0.4, -0.2) is 26.9 Å². The first-order valence-corrected chi connectivity index (χ1v) is 11.1. The summed E-state index contributed by atoms with van der Waals surface area (Å²) >= 11 is 0. The molecular formula is C21H24F2N2O3S. The maximum Gasteiger partial charge on any atom is 0.240 e. The fraction of sp³-hybridized carbons (Fsp3) is 0.381. The van der Waals surface area contributed by atoms with Gasteiger partial charge in [-0.05, 0) is 62.4 Å². The normalized spacial score (nSPS) is 19.7. The second-order valence-corrected chi connectivity index (χ2v) is 8.93. The Bertz CT molecular complexity index is 970. The van der Waals surface area contributed by atoms with E-state index in [2.05, 4.69) is 10.0 Å². The van der Waals surface area contributed by atoms with Crippen LogP contribution in [0.3, 0.4) is 0 Å². The molecule has 0 bridgehead atoms. The fourth-order valence-electron chi connectivity index (χ4n) is 3.62. The molecule has 29 heavy (non-hydrogen) atoms. The summed E-state index contributed by atoms with van der Waals surface area (Å²) in [6, 6.07) is 8.84. The van der Waals surface area contributed by atoms with Crippen molar-refractivity contribution >= 4 is 15.9 Å². The first-order valence-electron chi connectivity index (χ1n) is 9.65. The average Bonchev–Trinajstić information content (AvgIpc) is 2.68. The number of carbonyl (C=O) groups excluding carboxylic acids is 1. The molecule has 0 unspecified atom stereocenters. The summed E-state index contributed by atoms with van der Waals surface area (Å²) in [5, 5.41) is 2.80. The number of halogens is 2. The zero-order valence-corrected chi connectivity index (χ0v) is 16.9. The van der Waals surface area contributed by atoms with E-state index in [-0.39, 0.29) is 28.3 Å². The van der Waals surface area contributed by atoms with E-state index < -0.39 is 21.7 Å². The molecule has 1 aliphatic rings. The van der Waals surface area contributed by atoms with Gasteiger partial charge < -0.3 is 5.32 Å². The van der Waals surface area contributed by atoms with Crippen LogP contribution in [-0.2, 0) is 14.8 Å². The van der Waals surface area contributed by atoms with Crippen molar-refractivity contribution in [1.29, 1.82) is 0 Å². The molecule has 2 aromatic rings. The van der Waals surface area contributed by atoms with Crippen LogP contribution in [0.2, 0.25) is 0 Å². The fourth-order valence-corrected chi connectivity index (χ4v) is 4.92. The SMILES string of the molecule is CCNC(=O)C1CCC(NS(=O)(=O)c2ccc(-c3ccc(F)cc3F)cc2)CC1. The van der Waals surface area contributed by atoms with Crippen LogP contribution in [0.5, 0.6) is 0 Å². The molecule has 2 aromatic carbocycles. The van der Waals surface area contributed by atoms with Crippen molar-refractivity contribution in [3.8, 4) is 11.1 Å². The van der Waals surface area contributed by atoms with E-state index in [0.717, 1.165) is 12.1 Å². The number of hydrogen-bond acceptors (Lipinski definition) is 3. The highest BCUT2D eigenvalue weighted by Gasteiger charge is 2.28. The number of amides is 1. The molecule has 0 atom stereocenters. The molecule has 3 rings (SSSR count). The molecule has 1 amide bonds. The summed E-state index contributed by atoms with van der Waals surface area (Å²) in [6.45, 7) is 2.45. The highest BCUT2D eigenvalue weighted by molar-refractivity contribution is 7.89. The van der Waals surface area contributed by atoms with Gasteiger partial charge in [0.05, 0.1) is 4.90 Å². The molecule has 2 N–H and O–H groups in total. The third kappa shape index (κ3) is 5.19. The van der Waals surface area contributed by atoms with E-state index in [1.807, 2.05) is 6.92 Å². The van der Waals surface area contributed by atoms with Gasteiger partial charge in [0.15, 0.2) is 0 Å². The van der Waals surface area contributed by atoms with Gasteiger partial charge in [-0.2, -0.15) is 0 Å². The summed E-state index contributed by atoms with van der Waals surface area (Å²) < 4.78 is 55.0. The number of benzene rings is 2. The van der Waals surface area contributed by atoms with Crippen LogP contribution in [0.25, 0.3) is 11.1 Å². The number of carbonyl (C=O) groups is 1. The quantitative estimate of drug-likeness (QED) is 0.747. The topological polar surface area (TPSA) is 75.3 Å². The highest BCUT2D eigenvalue weighted by Crippen LogP contribution is 2.27. The number of nitrogens with one attached hydrogen (secondary N) is 2.